The number of sulfonamides is 2. The number of hydrogen-bond donors (Lipinski definition) is 2. The highest BCUT2D eigenvalue weighted by atomic mass is 35.5. The molecule has 0 radical (unpaired) electrons. The maximum atomic E-state index is 12.6. The molecule has 0 aliphatic heterocycles. The first-order chi connectivity index (χ1) is 17.4. The predicted molar refractivity (Wildman–Crippen MR) is 141 cm³/mol. The van der Waals surface area contributed by atoms with Crippen molar-refractivity contribution in [1.82, 2.24) is 14.3 Å². The molecule has 0 saturated heterocycles. The van der Waals surface area contributed by atoms with E-state index in [1.807, 2.05) is 11.6 Å². The van der Waals surface area contributed by atoms with Crippen molar-refractivity contribution in [2.45, 2.75) is 30.2 Å². The van der Waals surface area contributed by atoms with Gasteiger partial charge in [-0.15, -0.1) is 0 Å². The third-order valence-corrected chi connectivity index (χ3v) is 8.56. The number of amides is 1. The minimum Gasteiger partial charge on any atom is -0.330 e. The van der Waals surface area contributed by atoms with Crippen LogP contribution in [0.5, 0.6) is 0 Å². The molecule has 37 heavy (non-hydrogen) atoms. The van der Waals surface area contributed by atoms with E-state index in [1.165, 1.54) is 36.5 Å². The SMILES string of the molecule is Cc1ccc(S(=O)(=O)NC(=O)c2cn(Cc3ccc(NS(=O)(=O)c4ccccc4)cc3Cl)c(C)n2)cc1. The molecule has 0 saturated carbocycles. The van der Waals surface area contributed by atoms with E-state index in [1.54, 1.807) is 54.0 Å². The van der Waals surface area contributed by atoms with Crippen LogP contribution in [-0.2, 0) is 26.6 Å². The second-order valence-electron chi connectivity index (χ2n) is 8.27. The Morgan fingerprint density at radius 3 is 2.19 bits per heavy atom. The molecule has 3 aromatic carbocycles. The average molecular weight is 559 g/mol. The molecule has 1 amide bonds. The van der Waals surface area contributed by atoms with Crippen LogP contribution < -0.4 is 9.44 Å². The minimum absolute atomic E-state index is 0.0302. The number of nitrogens with zero attached hydrogens (tertiary/aromatic N) is 2. The maximum Gasteiger partial charge on any atom is 0.285 e. The molecule has 0 aliphatic rings. The number of imidazole rings is 1. The number of benzene rings is 3. The second kappa shape index (κ2) is 10.4. The molecule has 1 heterocycles. The third kappa shape index (κ3) is 6.19. The predicted octanol–water partition coefficient (Wildman–Crippen LogP) is 4.12. The quantitative estimate of drug-likeness (QED) is 0.335. The summed E-state index contributed by atoms with van der Waals surface area (Å²) in [4.78, 5) is 16.9. The highest BCUT2D eigenvalue weighted by Gasteiger charge is 2.21. The zero-order valence-electron chi connectivity index (χ0n) is 19.8. The lowest BCUT2D eigenvalue weighted by Crippen LogP contribution is -2.30. The summed E-state index contributed by atoms with van der Waals surface area (Å²) < 4.78 is 56.4. The molecule has 1 aromatic heterocycles. The van der Waals surface area contributed by atoms with Crippen LogP contribution in [0, 0.1) is 13.8 Å². The number of anilines is 1. The highest BCUT2D eigenvalue weighted by Crippen LogP contribution is 2.24. The molecular weight excluding hydrogens is 536 g/mol. The molecule has 0 unspecified atom stereocenters. The van der Waals surface area contributed by atoms with Crippen LogP contribution in [0.15, 0.2) is 88.8 Å². The van der Waals surface area contributed by atoms with Crippen molar-refractivity contribution in [2.24, 2.45) is 0 Å². The second-order valence-corrected chi connectivity index (χ2v) is 12.0. The Bertz CT molecular complexity index is 1670. The fourth-order valence-electron chi connectivity index (χ4n) is 3.46. The summed E-state index contributed by atoms with van der Waals surface area (Å²) in [5.41, 5.74) is 1.75. The van der Waals surface area contributed by atoms with Gasteiger partial charge in [0.1, 0.15) is 11.5 Å². The molecule has 4 aromatic rings. The summed E-state index contributed by atoms with van der Waals surface area (Å²) in [6.07, 6.45) is 1.43. The van der Waals surface area contributed by atoms with Crippen molar-refractivity contribution in [3.05, 3.63) is 107 Å². The zero-order valence-corrected chi connectivity index (χ0v) is 22.2. The van der Waals surface area contributed by atoms with E-state index in [9.17, 15) is 21.6 Å². The molecule has 0 atom stereocenters. The Hall–Kier alpha value is -3.67. The fraction of sp³-hybridized carbons (Fsp3) is 0.120. The lowest BCUT2D eigenvalue weighted by atomic mass is 10.2. The van der Waals surface area contributed by atoms with Crippen molar-refractivity contribution >= 4 is 43.2 Å². The van der Waals surface area contributed by atoms with Crippen LogP contribution in [0.3, 0.4) is 0 Å². The van der Waals surface area contributed by atoms with E-state index in [4.69, 9.17) is 11.6 Å². The molecule has 0 spiro atoms. The summed E-state index contributed by atoms with van der Waals surface area (Å²) in [6, 6.07) is 18.8. The standard InChI is InChI=1S/C25H23ClN4O5S2/c1-17-8-12-22(13-9-17)37(34,35)29-25(31)24-16-30(18(2)27-24)15-19-10-11-20(14-23(19)26)28-36(32,33)21-6-4-3-5-7-21/h3-14,16,28H,15H2,1-2H3,(H,29,31). The number of rotatable bonds is 8. The zero-order chi connectivity index (χ0) is 26.8. The first kappa shape index (κ1) is 26.4. The third-order valence-electron chi connectivity index (χ3n) is 5.47. The van der Waals surface area contributed by atoms with Gasteiger partial charge in [-0.2, -0.15) is 0 Å². The summed E-state index contributed by atoms with van der Waals surface area (Å²) in [6.45, 7) is 3.72. The van der Waals surface area contributed by atoms with Gasteiger partial charge in [0.15, 0.2) is 0 Å². The van der Waals surface area contributed by atoms with Crippen LogP contribution in [0.4, 0.5) is 5.69 Å². The van der Waals surface area contributed by atoms with Gasteiger partial charge in [0.2, 0.25) is 0 Å². The minimum atomic E-state index is -4.06. The molecule has 2 N–H and O–H groups in total. The van der Waals surface area contributed by atoms with Crippen molar-refractivity contribution in [1.29, 1.82) is 0 Å². The van der Waals surface area contributed by atoms with Crippen molar-refractivity contribution in [3.63, 3.8) is 0 Å². The van der Waals surface area contributed by atoms with Gasteiger partial charge < -0.3 is 4.57 Å². The van der Waals surface area contributed by atoms with Crippen molar-refractivity contribution < 1.29 is 21.6 Å². The molecule has 0 fully saturated rings. The van der Waals surface area contributed by atoms with E-state index in [-0.39, 0.29) is 22.0 Å². The molecule has 12 heteroatoms. The highest BCUT2D eigenvalue weighted by molar-refractivity contribution is 7.92. The Labute approximate surface area is 220 Å². The van der Waals surface area contributed by atoms with Gasteiger partial charge in [-0.25, -0.2) is 26.5 Å². The first-order valence-corrected chi connectivity index (χ1v) is 14.3. The molecule has 0 aliphatic carbocycles. The van der Waals surface area contributed by atoms with Gasteiger partial charge in [-0.3, -0.25) is 9.52 Å². The normalized spacial score (nSPS) is 11.8. The van der Waals surface area contributed by atoms with E-state index >= 15 is 0 Å². The van der Waals surface area contributed by atoms with E-state index in [0.717, 1.165) is 5.56 Å². The van der Waals surface area contributed by atoms with Crippen LogP contribution in [0.25, 0.3) is 0 Å². The largest absolute Gasteiger partial charge is 0.330 e. The Morgan fingerprint density at radius 2 is 1.54 bits per heavy atom. The van der Waals surface area contributed by atoms with E-state index < -0.39 is 26.0 Å². The first-order valence-electron chi connectivity index (χ1n) is 11.0. The number of aromatic nitrogens is 2. The van der Waals surface area contributed by atoms with Gasteiger partial charge in [-0.1, -0.05) is 53.6 Å². The Balaban J connectivity index is 1.48. The summed E-state index contributed by atoms with van der Waals surface area (Å²) >= 11 is 6.41. The van der Waals surface area contributed by atoms with E-state index in [2.05, 4.69) is 9.71 Å². The van der Waals surface area contributed by atoms with Gasteiger partial charge in [0, 0.05) is 11.2 Å². The Kier molecular flexibility index (Phi) is 7.39. The number of carbonyl (C=O) groups is 1. The number of nitrogens with one attached hydrogen (secondary N) is 2. The molecule has 0 bridgehead atoms. The molecule has 192 valence electrons. The number of aryl methyl sites for hydroxylation is 2. The van der Waals surface area contributed by atoms with Crippen LogP contribution in [-0.4, -0.2) is 32.3 Å². The summed E-state index contributed by atoms with van der Waals surface area (Å²) in [5, 5.41) is 0.300. The fourth-order valence-corrected chi connectivity index (χ4v) is 5.74. The van der Waals surface area contributed by atoms with Crippen LogP contribution in [0.2, 0.25) is 5.02 Å². The maximum absolute atomic E-state index is 12.6. The van der Waals surface area contributed by atoms with Crippen LogP contribution >= 0.6 is 11.6 Å². The monoisotopic (exact) mass is 558 g/mol. The van der Waals surface area contributed by atoms with Gasteiger partial charge in [-0.05, 0) is 55.8 Å². The van der Waals surface area contributed by atoms with Crippen molar-refractivity contribution in [3.8, 4) is 0 Å². The molecule has 9 nitrogen and oxygen atoms in total. The lowest BCUT2D eigenvalue weighted by Gasteiger charge is -2.11. The number of carbonyl (C=O) groups excluding carboxylic acids is 1. The van der Waals surface area contributed by atoms with Crippen LogP contribution in [0.1, 0.15) is 27.4 Å². The number of halogens is 1. The van der Waals surface area contributed by atoms with Gasteiger partial charge >= 0.3 is 0 Å². The topological polar surface area (TPSA) is 127 Å². The molecule has 4 rings (SSSR count). The summed E-state index contributed by atoms with van der Waals surface area (Å²) in [5.74, 6) is -0.401. The smallest absolute Gasteiger partial charge is 0.285 e. The van der Waals surface area contributed by atoms with E-state index in [0.29, 0.717) is 22.1 Å². The van der Waals surface area contributed by atoms with Gasteiger partial charge in [0.05, 0.1) is 22.0 Å². The molecular formula is C25H23ClN4O5S2. The summed E-state index contributed by atoms with van der Waals surface area (Å²) in [7, 11) is -7.83. The lowest BCUT2D eigenvalue weighted by molar-refractivity contribution is 0.0977. The van der Waals surface area contributed by atoms with Crippen molar-refractivity contribution in [2.75, 3.05) is 4.72 Å². The Morgan fingerprint density at radius 1 is 0.892 bits per heavy atom. The number of hydrogen-bond acceptors (Lipinski definition) is 6. The average Bonchev–Trinajstić information content (AvgIpc) is 3.21. The van der Waals surface area contributed by atoms with Gasteiger partial charge in [0.25, 0.3) is 26.0 Å².